The Kier molecular flexibility index (Phi) is 3.51. The van der Waals surface area contributed by atoms with Crippen LogP contribution < -0.4 is 5.56 Å². The number of rotatable bonds is 3. The molecule has 1 N–H and O–H groups in total. The predicted octanol–water partition coefficient (Wildman–Crippen LogP) is 2.76. The largest absolute Gasteiger partial charge is 0.289 e. The van der Waals surface area contributed by atoms with Crippen molar-refractivity contribution in [3.63, 3.8) is 0 Å². The Balaban J connectivity index is 2.16. The molecule has 0 saturated carbocycles. The van der Waals surface area contributed by atoms with Crippen LogP contribution >= 0.6 is 0 Å². The first-order valence-corrected chi connectivity index (χ1v) is 7.15. The standard InChI is InChI=1S/C17H16N4O/c1-11-5-3-6-13(9-11)15-10-16-19-12(2)14(7-4-8-18)17(22)21(16)20-15/h3,5-6,9-10,20H,4,7H2,1-2H3. The van der Waals surface area contributed by atoms with Gasteiger partial charge in [0.25, 0.3) is 5.56 Å². The fourth-order valence-electron chi connectivity index (χ4n) is 2.60. The number of aromatic nitrogens is 3. The van der Waals surface area contributed by atoms with Crippen molar-refractivity contribution in [3.8, 4) is 17.3 Å². The van der Waals surface area contributed by atoms with E-state index >= 15 is 0 Å². The lowest BCUT2D eigenvalue weighted by Gasteiger charge is -2.02. The van der Waals surface area contributed by atoms with E-state index in [0.29, 0.717) is 29.7 Å². The smallest absolute Gasteiger partial charge is 0.276 e. The number of nitrogens with one attached hydrogen (secondary N) is 1. The summed E-state index contributed by atoms with van der Waals surface area (Å²) < 4.78 is 1.46. The molecule has 3 rings (SSSR count). The van der Waals surface area contributed by atoms with Gasteiger partial charge in [-0.05, 0) is 31.9 Å². The van der Waals surface area contributed by atoms with Crippen LogP contribution in [0.3, 0.4) is 0 Å². The first-order chi connectivity index (χ1) is 10.6. The maximum Gasteiger partial charge on any atom is 0.276 e. The van der Waals surface area contributed by atoms with Crippen LogP contribution in [0.1, 0.15) is 23.2 Å². The zero-order chi connectivity index (χ0) is 15.7. The molecule has 3 aromatic rings. The van der Waals surface area contributed by atoms with Gasteiger partial charge in [-0.15, -0.1) is 0 Å². The second-order valence-electron chi connectivity index (χ2n) is 5.37. The van der Waals surface area contributed by atoms with Crippen LogP contribution in [-0.2, 0) is 6.42 Å². The van der Waals surface area contributed by atoms with Crippen molar-refractivity contribution in [2.24, 2.45) is 0 Å². The normalized spacial score (nSPS) is 10.8. The molecule has 0 bridgehead atoms. The highest BCUT2D eigenvalue weighted by Gasteiger charge is 2.12. The molecule has 0 aliphatic heterocycles. The fourth-order valence-corrected chi connectivity index (χ4v) is 2.60. The van der Waals surface area contributed by atoms with Crippen LogP contribution in [0.15, 0.2) is 35.1 Å². The zero-order valence-electron chi connectivity index (χ0n) is 12.6. The highest BCUT2D eigenvalue weighted by Crippen LogP contribution is 2.20. The Bertz CT molecular complexity index is 943. The van der Waals surface area contributed by atoms with Crippen molar-refractivity contribution in [3.05, 3.63) is 57.5 Å². The van der Waals surface area contributed by atoms with Crippen molar-refractivity contribution < 1.29 is 0 Å². The third-order valence-corrected chi connectivity index (χ3v) is 3.73. The first kappa shape index (κ1) is 14.1. The Hall–Kier alpha value is -2.87. The molecule has 0 unspecified atom stereocenters. The maximum atomic E-state index is 12.5. The Morgan fingerprint density at radius 1 is 1.32 bits per heavy atom. The predicted molar refractivity (Wildman–Crippen MR) is 84.7 cm³/mol. The molecule has 5 nitrogen and oxygen atoms in total. The summed E-state index contributed by atoms with van der Waals surface area (Å²) in [5.41, 5.74) is 4.77. The van der Waals surface area contributed by atoms with Crippen LogP contribution in [-0.4, -0.2) is 14.6 Å². The minimum absolute atomic E-state index is 0.128. The number of nitriles is 1. The minimum atomic E-state index is -0.128. The average Bonchev–Trinajstić information content (AvgIpc) is 2.91. The number of hydrogen-bond donors (Lipinski definition) is 1. The Labute approximate surface area is 127 Å². The molecule has 0 radical (unpaired) electrons. The van der Waals surface area contributed by atoms with E-state index in [-0.39, 0.29) is 5.56 Å². The SMILES string of the molecule is Cc1cccc(-c2cc3nc(C)c(CCC#N)c(=O)n3[nH]2)c1. The summed E-state index contributed by atoms with van der Waals surface area (Å²) in [5, 5.41) is 11.8. The highest BCUT2D eigenvalue weighted by atomic mass is 16.1. The van der Waals surface area contributed by atoms with Crippen molar-refractivity contribution in [2.75, 3.05) is 0 Å². The van der Waals surface area contributed by atoms with Gasteiger partial charge in [-0.25, -0.2) is 9.50 Å². The molecular weight excluding hydrogens is 276 g/mol. The summed E-state index contributed by atoms with van der Waals surface area (Å²) in [7, 11) is 0. The number of fused-ring (bicyclic) bond motifs is 1. The van der Waals surface area contributed by atoms with E-state index in [1.54, 1.807) is 0 Å². The average molecular weight is 292 g/mol. The van der Waals surface area contributed by atoms with Gasteiger partial charge in [-0.1, -0.05) is 23.8 Å². The van der Waals surface area contributed by atoms with E-state index in [2.05, 4.69) is 22.2 Å². The minimum Gasteiger partial charge on any atom is -0.289 e. The highest BCUT2D eigenvalue weighted by molar-refractivity contribution is 5.64. The van der Waals surface area contributed by atoms with Crippen molar-refractivity contribution in [2.45, 2.75) is 26.7 Å². The van der Waals surface area contributed by atoms with Crippen LogP contribution in [0, 0.1) is 25.2 Å². The fraction of sp³-hybridized carbons (Fsp3) is 0.235. The van der Waals surface area contributed by atoms with Crippen molar-refractivity contribution in [1.82, 2.24) is 14.6 Å². The number of aryl methyl sites for hydroxylation is 2. The van der Waals surface area contributed by atoms with E-state index in [9.17, 15) is 4.79 Å². The van der Waals surface area contributed by atoms with Gasteiger partial charge in [0.05, 0.1) is 11.8 Å². The van der Waals surface area contributed by atoms with Gasteiger partial charge in [-0.3, -0.25) is 9.89 Å². The molecule has 0 saturated heterocycles. The zero-order valence-corrected chi connectivity index (χ0v) is 12.6. The van der Waals surface area contributed by atoms with Crippen LogP contribution in [0.25, 0.3) is 16.9 Å². The molecule has 5 heteroatoms. The van der Waals surface area contributed by atoms with Gasteiger partial charge < -0.3 is 0 Å². The molecule has 1 aromatic carbocycles. The van der Waals surface area contributed by atoms with Gasteiger partial charge in [0, 0.05) is 23.7 Å². The summed E-state index contributed by atoms with van der Waals surface area (Å²) in [5.74, 6) is 0. The van der Waals surface area contributed by atoms with E-state index < -0.39 is 0 Å². The van der Waals surface area contributed by atoms with Gasteiger partial charge >= 0.3 is 0 Å². The number of hydrogen-bond acceptors (Lipinski definition) is 3. The molecule has 0 spiro atoms. The summed E-state index contributed by atoms with van der Waals surface area (Å²) in [4.78, 5) is 17.0. The lowest BCUT2D eigenvalue weighted by molar-refractivity contribution is 0.841. The molecule has 0 aliphatic carbocycles. The quantitative estimate of drug-likeness (QED) is 0.806. The molecule has 110 valence electrons. The number of aromatic amines is 1. The molecule has 0 amide bonds. The van der Waals surface area contributed by atoms with Gasteiger partial charge in [0.15, 0.2) is 5.65 Å². The molecular formula is C17H16N4O. The second-order valence-corrected chi connectivity index (χ2v) is 5.37. The molecule has 0 atom stereocenters. The van der Waals surface area contributed by atoms with E-state index in [0.717, 1.165) is 16.8 Å². The van der Waals surface area contributed by atoms with Gasteiger partial charge in [0.2, 0.25) is 0 Å². The second kappa shape index (κ2) is 5.49. The molecule has 2 aromatic heterocycles. The van der Waals surface area contributed by atoms with Crippen LogP contribution in [0.2, 0.25) is 0 Å². The third-order valence-electron chi connectivity index (χ3n) is 3.73. The lowest BCUT2D eigenvalue weighted by atomic mass is 10.1. The summed E-state index contributed by atoms with van der Waals surface area (Å²) >= 11 is 0. The van der Waals surface area contributed by atoms with E-state index in [1.807, 2.05) is 38.1 Å². The topological polar surface area (TPSA) is 73.9 Å². The Morgan fingerprint density at radius 2 is 2.14 bits per heavy atom. The van der Waals surface area contributed by atoms with Crippen molar-refractivity contribution >= 4 is 5.65 Å². The molecule has 0 aliphatic rings. The molecule has 22 heavy (non-hydrogen) atoms. The third kappa shape index (κ3) is 2.40. The summed E-state index contributed by atoms with van der Waals surface area (Å²) in [6.45, 7) is 3.84. The van der Waals surface area contributed by atoms with Crippen molar-refractivity contribution in [1.29, 1.82) is 5.26 Å². The Morgan fingerprint density at radius 3 is 2.86 bits per heavy atom. The molecule has 0 fully saturated rings. The monoisotopic (exact) mass is 292 g/mol. The number of H-pyrrole nitrogens is 1. The van der Waals surface area contributed by atoms with Gasteiger partial charge in [0.1, 0.15) is 0 Å². The lowest BCUT2D eigenvalue weighted by Crippen LogP contribution is -2.21. The summed E-state index contributed by atoms with van der Waals surface area (Å²) in [6.07, 6.45) is 0.741. The van der Waals surface area contributed by atoms with Crippen LogP contribution in [0.4, 0.5) is 0 Å². The van der Waals surface area contributed by atoms with E-state index in [1.165, 1.54) is 4.52 Å². The summed E-state index contributed by atoms with van der Waals surface area (Å²) in [6, 6.07) is 12.0. The molecule has 2 heterocycles. The number of benzene rings is 1. The van der Waals surface area contributed by atoms with Crippen LogP contribution in [0.5, 0.6) is 0 Å². The van der Waals surface area contributed by atoms with Gasteiger partial charge in [-0.2, -0.15) is 5.26 Å². The van der Waals surface area contributed by atoms with E-state index in [4.69, 9.17) is 5.26 Å². The number of nitrogens with zero attached hydrogens (tertiary/aromatic N) is 3. The first-order valence-electron chi connectivity index (χ1n) is 7.15. The maximum absolute atomic E-state index is 12.5.